The van der Waals surface area contributed by atoms with Gasteiger partial charge < -0.3 is 26.2 Å². The number of carboxylic acids is 2. The first-order chi connectivity index (χ1) is 9.73. The topological polar surface area (TPSA) is 150 Å². The molecule has 1 aliphatic rings. The molecule has 0 aliphatic carbocycles. The number of hydrogen-bond acceptors (Lipinski definition) is 5. The summed E-state index contributed by atoms with van der Waals surface area (Å²) in [7, 11) is 0. The second kappa shape index (κ2) is 7.02. The molecular formula is C12H19N3O6. The number of carbonyl (C=O) groups excluding carboxylic acids is 2. The normalized spacial score (nSPS) is 20.7. The number of carbonyl (C=O) groups is 4. The highest BCUT2D eigenvalue weighted by molar-refractivity contribution is 5.93. The van der Waals surface area contributed by atoms with E-state index in [2.05, 4.69) is 5.32 Å². The molecule has 0 aromatic rings. The van der Waals surface area contributed by atoms with Gasteiger partial charge in [-0.05, 0) is 19.8 Å². The average molecular weight is 301 g/mol. The summed E-state index contributed by atoms with van der Waals surface area (Å²) in [4.78, 5) is 46.8. The van der Waals surface area contributed by atoms with Crippen molar-refractivity contribution in [2.24, 2.45) is 5.73 Å². The number of nitrogens with two attached hydrogens (primary N) is 1. The molecule has 3 atom stereocenters. The zero-order chi connectivity index (χ0) is 16.2. The molecule has 9 heteroatoms. The Hall–Kier alpha value is -2.16. The summed E-state index contributed by atoms with van der Waals surface area (Å²) in [5.41, 5.74) is 5.50. The number of aliphatic carboxylic acids is 2. The van der Waals surface area contributed by atoms with E-state index < -0.39 is 48.3 Å². The molecule has 1 saturated heterocycles. The summed E-state index contributed by atoms with van der Waals surface area (Å²) in [6.07, 6.45) is 0.270. The summed E-state index contributed by atoms with van der Waals surface area (Å²) in [6.45, 7) is 1.87. The third-order valence-corrected chi connectivity index (χ3v) is 3.22. The molecule has 1 fully saturated rings. The zero-order valence-corrected chi connectivity index (χ0v) is 11.6. The smallest absolute Gasteiger partial charge is 0.326 e. The van der Waals surface area contributed by atoms with Gasteiger partial charge in [0.1, 0.15) is 12.1 Å². The van der Waals surface area contributed by atoms with Crippen LogP contribution in [0.3, 0.4) is 0 Å². The molecule has 0 aromatic heterocycles. The molecule has 0 radical (unpaired) electrons. The second-order valence-electron chi connectivity index (χ2n) is 4.98. The molecule has 0 aromatic carbocycles. The van der Waals surface area contributed by atoms with Gasteiger partial charge in [-0.3, -0.25) is 14.4 Å². The quantitative estimate of drug-likeness (QED) is 0.460. The van der Waals surface area contributed by atoms with Crippen LogP contribution in [-0.4, -0.2) is 63.5 Å². The lowest BCUT2D eigenvalue weighted by molar-refractivity contribution is -0.148. The molecule has 2 amide bonds. The van der Waals surface area contributed by atoms with Crippen molar-refractivity contribution >= 4 is 23.8 Å². The molecule has 5 N–H and O–H groups in total. The van der Waals surface area contributed by atoms with E-state index in [9.17, 15) is 19.2 Å². The first-order valence-corrected chi connectivity index (χ1v) is 6.55. The Balaban J connectivity index is 2.74. The van der Waals surface area contributed by atoms with Crippen LogP contribution in [0.15, 0.2) is 0 Å². The van der Waals surface area contributed by atoms with Gasteiger partial charge in [0.05, 0.1) is 12.5 Å². The predicted octanol–water partition coefficient (Wildman–Crippen LogP) is -1.63. The van der Waals surface area contributed by atoms with Crippen LogP contribution in [0.5, 0.6) is 0 Å². The maximum atomic E-state index is 12.1. The Bertz CT molecular complexity index is 450. The van der Waals surface area contributed by atoms with Crippen molar-refractivity contribution in [3.63, 3.8) is 0 Å². The van der Waals surface area contributed by atoms with Crippen LogP contribution in [0.2, 0.25) is 0 Å². The Labute approximate surface area is 121 Å². The standard InChI is InChI=1S/C12H19N3O6/c1-6(13)11(19)15-4-2-3-8(15)10(18)14-7(12(20)21)5-9(16)17/h6-8H,2-5,13H2,1H3,(H,14,18)(H,16,17)(H,20,21)/t6-,7-,8-/m0/s1. The highest BCUT2D eigenvalue weighted by Crippen LogP contribution is 2.18. The van der Waals surface area contributed by atoms with E-state index in [0.717, 1.165) is 0 Å². The van der Waals surface area contributed by atoms with E-state index in [1.165, 1.54) is 11.8 Å². The molecule has 0 spiro atoms. The van der Waals surface area contributed by atoms with Gasteiger partial charge in [0.2, 0.25) is 11.8 Å². The molecular weight excluding hydrogens is 282 g/mol. The van der Waals surface area contributed by atoms with E-state index >= 15 is 0 Å². The Morgan fingerprint density at radius 2 is 1.95 bits per heavy atom. The number of hydrogen-bond donors (Lipinski definition) is 4. The number of amides is 2. The van der Waals surface area contributed by atoms with Gasteiger partial charge in [0, 0.05) is 6.54 Å². The van der Waals surface area contributed by atoms with Crippen molar-refractivity contribution in [2.45, 2.75) is 44.3 Å². The molecule has 21 heavy (non-hydrogen) atoms. The number of nitrogens with one attached hydrogen (secondary N) is 1. The third-order valence-electron chi connectivity index (χ3n) is 3.22. The SMILES string of the molecule is C[C@H](N)C(=O)N1CCC[C@H]1C(=O)N[C@@H](CC(=O)O)C(=O)O. The van der Waals surface area contributed by atoms with Gasteiger partial charge in [0.25, 0.3) is 0 Å². The van der Waals surface area contributed by atoms with Gasteiger partial charge in [-0.2, -0.15) is 0 Å². The van der Waals surface area contributed by atoms with Gasteiger partial charge in [-0.25, -0.2) is 4.79 Å². The molecule has 1 aliphatic heterocycles. The highest BCUT2D eigenvalue weighted by Gasteiger charge is 2.36. The van der Waals surface area contributed by atoms with Gasteiger partial charge in [-0.15, -0.1) is 0 Å². The Morgan fingerprint density at radius 3 is 2.43 bits per heavy atom. The van der Waals surface area contributed by atoms with Crippen molar-refractivity contribution in [1.29, 1.82) is 0 Å². The van der Waals surface area contributed by atoms with Crippen LogP contribution in [0, 0.1) is 0 Å². The van der Waals surface area contributed by atoms with E-state index in [-0.39, 0.29) is 0 Å². The van der Waals surface area contributed by atoms with Crippen LogP contribution in [0.25, 0.3) is 0 Å². The van der Waals surface area contributed by atoms with Crippen LogP contribution < -0.4 is 11.1 Å². The Morgan fingerprint density at radius 1 is 1.33 bits per heavy atom. The number of rotatable bonds is 6. The fourth-order valence-electron chi connectivity index (χ4n) is 2.21. The van der Waals surface area contributed by atoms with E-state index in [0.29, 0.717) is 19.4 Å². The van der Waals surface area contributed by atoms with Crippen molar-refractivity contribution < 1.29 is 29.4 Å². The highest BCUT2D eigenvalue weighted by atomic mass is 16.4. The van der Waals surface area contributed by atoms with Crippen LogP contribution in [0.4, 0.5) is 0 Å². The molecule has 0 saturated carbocycles. The second-order valence-corrected chi connectivity index (χ2v) is 4.98. The van der Waals surface area contributed by atoms with Crippen LogP contribution in [0.1, 0.15) is 26.2 Å². The summed E-state index contributed by atoms with van der Waals surface area (Å²) >= 11 is 0. The largest absolute Gasteiger partial charge is 0.481 e. The minimum absolute atomic E-state index is 0.370. The summed E-state index contributed by atoms with van der Waals surface area (Å²) in [6, 6.07) is -3.09. The molecule has 118 valence electrons. The Kier molecular flexibility index (Phi) is 5.65. The first-order valence-electron chi connectivity index (χ1n) is 6.55. The van der Waals surface area contributed by atoms with Crippen molar-refractivity contribution in [2.75, 3.05) is 6.54 Å². The summed E-state index contributed by atoms with van der Waals surface area (Å²) in [5.74, 6) is -3.83. The van der Waals surface area contributed by atoms with Crippen molar-refractivity contribution in [3.8, 4) is 0 Å². The minimum Gasteiger partial charge on any atom is -0.481 e. The molecule has 0 bridgehead atoms. The maximum absolute atomic E-state index is 12.1. The summed E-state index contributed by atoms with van der Waals surface area (Å²) < 4.78 is 0. The van der Waals surface area contributed by atoms with Crippen LogP contribution >= 0.6 is 0 Å². The molecule has 1 heterocycles. The van der Waals surface area contributed by atoms with Gasteiger partial charge >= 0.3 is 11.9 Å². The lowest BCUT2D eigenvalue weighted by Gasteiger charge is -2.26. The van der Waals surface area contributed by atoms with E-state index in [1.54, 1.807) is 0 Å². The fraction of sp³-hybridized carbons (Fsp3) is 0.667. The summed E-state index contributed by atoms with van der Waals surface area (Å²) in [5, 5.41) is 19.7. The van der Waals surface area contributed by atoms with Crippen molar-refractivity contribution in [3.05, 3.63) is 0 Å². The molecule has 1 rings (SSSR count). The lowest BCUT2D eigenvalue weighted by atomic mass is 10.1. The number of likely N-dealkylation sites (tertiary alicyclic amines) is 1. The van der Waals surface area contributed by atoms with Gasteiger partial charge in [0.15, 0.2) is 0 Å². The molecule has 0 unspecified atom stereocenters. The van der Waals surface area contributed by atoms with E-state index in [1.807, 2.05) is 0 Å². The molecule has 9 nitrogen and oxygen atoms in total. The zero-order valence-electron chi connectivity index (χ0n) is 11.6. The first kappa shape index (κ1) is 16.9. The lowest BCUT2D eigenvalue weighted by Crippen LogP contribution is -2.53. The number of nitrogens with zero attached hydrogens (tertiary/aromatic N) is 1. The van der Waals surface area contributed by atoms with E-state index in [4.69, 9.17) is 15.9 Å². The third kappa shape index (κ3) is 4.42. The number of carboxylic acid groups (broad SMARTS) is 2. The van der Waals surface area contributed by atoms with Crippen molar-refractivity contribution in [1.82, 2.24) is 10.2 Å². The van der Waals surface area contributed by atoms with Crippen LogP contribution in [-0.2, 0) is 19.2 Å². The fourth-order valence-corrected chi connectivity index (χ4v) is 2.21. The minimum atomic E-state index is -1.53. The van der Waals surface area contributed by atoms with Gasteiger partial charge in [-0.1, -0.05) is 0 Å². The maximum Gasteiger partial charge on any atom is 0.326 e. The monoisotopic (exact) mass is 301 g/mol. The average Bonchev–Trinajstić information content (AvgIpc) is 2.85. The predicted molar refractivity (Wildman–Crippen MR) is 70.2 cm³/mol.